The van der Waals surface area contributed by atoms with Crippen LogP contribution in [-0.4, -0.2) is 34.9 Å². The molecule has 8 heteroatoms. The molecule has 2 heterocycles. The van der Waals surface area contributed by atoms with Gasteiger partial charge in [0.25, 0.3) is 0 Å². The fourth-order valence-corrected chi connectivity index (χ4v) is 3.80. The van der Waals surface area contributed by atoms with Gasteiger partial charge in [0, 0.05) is 22.5 Å². The highest BCUT2D eigenvalue weighted by Crippen LogP contribution is 2.37. The smallest absolute Gasteiger partial charge is 0.340 e. The van der Waals surface area contributed by atoms with Gasteiger partial charge in [0.1, 0.15) is 5.52 Å². The van der Waals surface area contributed by atoms with E-state index < -0.39 is 5.97 Å². The second-order valence-corrected chi connectivity index (χ2v) is 7.39. The van der Waals surface area contributed by atoms with E-state index in [0.717, 1.165) is 5.69 Å². The lowest BCUT2D eigenvalue weighted by molar-refractivity contribution is 0.0522. The SMILES string of the molecule is CCOC(=O)c1c(C)[nH]c(C)c1C(=O)COc1c(Cl)cc(Cl)c2ccc(C)nc12. The van der Waals surface area contributed by atoms with Crippen molar-refractivity contribution in [3.05, 3.63) is 56.5 Å². The van der Waals surface area contributed by atoms with Crippen LogP contribution >= 0.6 is 23.2 Å². The molecule has 0 radical (unpaired) electrons. The molecule has 0 fully saturated rings. The zero-order valence-corrected chi connectivity index (χ0v) is 18.0. The van der Waals surface area contributed by atoms with Gasteiger partial charge in [-0.15, -0.1) is 0 Å². The minimum atomic E-state index is -0.551. The lowest BCUT2D eigenvalue weighted by Crippen LogP contribution is -2.17. The Labute approximate surface area is 178 Å². The van der Waals surface area contributed by atoms with Crippen LogP contribution in [0.5, 0.6) is 5.75 Å². The molecule has 0 saturated heterocycles. The number of hydrogen-bond acceptors (Lipinski definition) is 5. The third kappa shape index (κ3) is 4.09. The first-order valence-electron chi connectivity index (χ1n) is 9.02. The number of esters is 1. The van der Waals surface area contributed by atoms with Gasteiger partial charge in [-0.1, -0.05) is 23.2 Å². The summed E-state index contributed by atoms with van der Waals surface area (Å²) in [4.78, 5) is 32.7. The van der Waals surface area contributed by atoms with Crippen LogP contribution in [0.2, 0.25) is 10.0 Å². The standard InChI is InChI=1S/C21H20Cl2N2O4/c1-5-28-21(27)18-12(4)25-11(3)17(18)16(26)9-29-20-15(23)8-14(22)13-7-6-10(2)24-19(13)20/h6-8,25H,5,9H2,1-4H3. The number of fused-ring (bicyclic) bond motifs is 1. The number of Topliss-reactive ketones (excluding diaryl/α,β-unsaturated/α-hetero) is 1. The molecule has 0 spiro atoms. The van der Waals surface area contributed by atoms with Gasteiger partial charge in [0.15, 0.2) is 12.4 Å². The van der Waals surface area contributed by atoms with Crippen molar-refractivity contribution in [2.45, 2.75) is 27.7 Å². The van der Waals surface area contributed by atoms with Crippen molar-refractivity contribution in [3.8, 4) is 5.75 Å². The van der Waals surface area contributed by atoms with Crippen LogP contribution in [0.1, 0.15) is 44.7 Å². The number of halogens is 2. The van der Waals surface area contributed by atoms with E-state index in [0.29, 0.717) is 27.3 Å². The molecule has 0 bridgehead atoms. The van der Waals surface area contributed by atoms with Crippen LogP contribution in [0.3, 0.4) is 0 Å². The first-order chi connectivity index (χ1) is 13.7. The van der Waals surface area contributed by atoms with Crippen molar-refractivity contribution in [1.82, 2.24) is 9.97 Å². The molecular weight excluding hydrogens is 415 g/mol. The minimum absolute atomic E-state index is 0.212. The van der Waals surface area contributed by atoms with Crippen molar-refractivity contribution in [2.75, 3.05) is 13.2 Å². The second kappa shape index (κ2) is 8.43. The highest BCUT2D eigenvalue weighted by Gasteiger charge is 2.26. The fraction of sp³-hybridized carbons (Fsp3) is 0.286. The number of rotatable bonds is 6. The molecule has 6 nitrogen and oxygen atoms in total. The van der Waals surface area contributed by atoms with Gasteiger partial charge in [0.05, 0.1) is 27.8 Å². The summed E-state index contributed by atoms with van der Waals surface area (Å²) in [5, 5.41) is 1.36. The van der Waals surface area contributed by atoms with E-state index >= 15 is 0 Å². The average Bonchev–Trinajstić information content (AvgIpc) is 2.95. The number of aromatic nitrogens is 2. The summed E-state index contributed by atoms with van der Waals surface area (Å²) in [6.45, 7) is 6.87. The fourth-order valence-electron chi connectivity index (χ4n) is 3.23. The van der Waals surface area contributed by atoms with Gasteiger partial charge in [-0.3, -0.25) is 4.79 Å². The largest absolute Gasteiger partial charge is 0.482 e. The monoisotopic (exact) mass is 434 g/mol. The number of carbonyl (C=O) groups excluding carboxylic acids is 2. The number of benzene rings is 1. The number of nitrogens with zero attached hydrogens (tertiary/aromatic N) is 1. The Morgan fingerprint density at radius 3 is 2.45 bits per heavy atom. The van der Waals surface area contributed by atoms with Crippen LogP contribution in [0, 0.1) is 20.8 Å². The van der Waals surface area contributed by atoms with E-state index in [4.69, 9.17) is 32.7 Å². The average molecular weight is 435 g/mol. The van der Waals surface area contributed by atoms with E-state index in [1.165, 1.54) is 0 Å². The molecule has 3 aromatic rings. The number of nitrogens with one attached hydrogen (secondary N) is 1. The predicted octanol–water partition coefficient (Wildman–Crippen LogP) is 5.23. The summed E-state index contributed by atoms with van der Waals surface area (Å²) in [5.74, 6) is -0.655. The topological polar surface area (TPSA) is 81.3 Å². The van der Waals surface area contributed by atoms with E-state index in [1.54, 1.807) is 26.8 Å². The lowest BCUT2D eigenvalue weighted by Gasteiger charge is -2.12. The summed E-state index contributed by atoms with van der Waals surface area (Å²) in [6.07, 6.45) is 0. The summed E-state index contributed by atoms with van der Waals surface area (Å²) < 4.78 is 10.8. The van der Waals surface area contributed by atoms with Gasteiger partial charge in [-0.05, 0) is 45.9 Å². The molecule has 0 saturated carbocycles. The first kappa shape index (κ1) is 21.1. The third-order valence-corrected chi connectivity index (χ3v) is 5.05. The number of ketones is 1. The van der Waals surface area contributed by atoms with Crippen LogP contribution in [0.15, 0.2) is 18.2 Å². The lowest BCUT2D eigenvalue weighted by atomic mass is 10.1. The highest BCUT2D eigenvalue weighted by atomic mass is 35.5. The van der Waals surface area contributed by atoms with E-state index in [-0.39, 0.29) is 40.9 Å². The Bertz CT molecular complexity index is 1120. The summed E-state index contributed by atoms with van der Waals surface area (Å²) in [7, 11) is 0. The third-order valence-electron chi connectivity index (χ3n) is 4.46. The van der Waals surface area contributed by atoms with E-state index in [1.807, 2.05) is 19.1 Å². The summed E-state index contributed by atoms with van der Waals surface area (Å²) in [6, 6.07) is 5.20. The van der Waals surface area contributed by atoms with Crippen LogP contribution < -0.4 is 4.74 Å². The Hall–Kier alpha value is -2.57. The molecule has 0 unspecified atom stereocenters. The molecule has 152 valence electrons. The first-order valence-corrected chi connectivity index (χ1v) is 9.77. The Morgan fingerprint density at radius 2 is 1.76 bits per heavy atom. The maximum absolute atomic E-state index is 12.9. The summed E-state index contributed by atoms with van der Waals surface area (Å²) >= 11 is 12.6. The molecular formula is C21H20Cl2N2O4. The Morgan fingerprint density at radius 1 is 1.07 bits per heavy atom. The van der Waals surface area contributed by atoms with Gasteiger partial charge in [-0.2, -0.15) is 0 Å². The van der Waals surface area contributed by atoms with Crippen molar-refractivity contribution in [2.24, 2.45) is 0 Å². The molecule has 0 aliphatic carbocycles. The summed E-state index contributed by atoms with van der Waals surface area (Å²) in [5.41, 5.74) is 2.84. The van der Waals surface area contributed by atoms with Gasteiger partial charge in [0.2, 0.25) is 5.78 Å². The van der Waals surface area contributed by atoms with Crippen LogP contribution in [-0.2, 0) is 4.74 Å². The Balaban J connectivity index is 1.95. The Kier molecular flexibility index (Phi) is 6.15. The van der Waals surface area contributed by atoms with E-state index in [9.17, 15) is 9.59 Å². The zero-order valence-electron chi connectivity index (χ0n) is 16.5. The second-order valence-electron chi connectivity index (χ2n) is 6.58. The number of pyridine rings is 1. The molecule has 0 atom stereocenters. The number of aromatic amines is 1. The van der Waals surface area contributed by atoms with E-state index in [2.05, 4.69) is 9.97 Å². The van der Waals surface area contributed by atoms with Crippen molar-refractivity contribution in [3.63, 3.8) is 0 Å². The number of carbonyl (C=O) groups is 2. The number of aryl methyl sites for hydroxylation is 3. The normalized spacial score (nSPS) is 11.0. The van der Waals surface area contributed by atoms with Gasteiger partial charge in [-0.25, -0.2) is 9.78 Å². The minimum Gasteiger partial charge on any atom is -0.482 e. The molecule has 1 N–H and O–H groups in total. The molecule has 0 aliphatic rings. The number of H-pyrrole nitrogens is 1. The number of ether oxygens (including phenoxy) is 2. The molecule has 29 heavy (non-hydrogen) atoms. The van der Waals surface area contributed by atoms with Crippen molar-refractivity contribution < 1.29 is 19.1 Å². The molecule has 0 amide bonds. The zero-order chi connectivity index (χ0) is 21.3. The van der Waals surface area contributed by atoms with Crippen LogP contribution in [0.25, 0.3) is 10.9 Å². The van der Waals surface area contributed by atoms with Crippen LogP contribution in [0.4, 0.5) is 0 Å². The molecule has 2 aromatic heterocycles. The highest BCUT2D eigenvalue weighted by molar-refractivity contribution is 6.39. The maximum atomic E-state index is 12.9. The molecule has 1 aromatic carbocycles. The van der Waals surface area contributed by atoms with Crippen molar-refractivity contribution >= 4 is 45.9 Å². The maximum Gasteiger partial charge on any atom is 0.340 e. The van der Waals surface area contributed by atoms with Gasteiger partial charge < -0.3 is 14.5 Å². The van der Waals surface area contributed by atoms with Crippen molar-refractivity contribution in [1.29, 1.82) is 0 Å². The number of hydrogen-bond donors (Lipinski definition) is 1. The quantitative estimate of drug-likeness (QED) is 0.424. The van der Waals surface area contributed by atoms with Gasteiger partial charge >= 0.3 is 5.97 Å². The predicted molar refractivity (Wildman–Crippen MR) is 113 cm³/mol. The molecule has 0 aliphatic heterocycles. The molecule has 3 rings (SSSR count).